The minimum atomic E-state index is 0.214. The van der Waals surface area contributed by atoms with Gasteiger partial charge in [0.2, 0.25) is 0 Å². The van der Waals surface area contributed by atoms with Crippen molar-refractivity contribution in [2.24, 2.45) is 12.8 Å². The highest BCUT2D eigenvalue weighted by Crippen LogP contribution is 2.46. The number of rotatable bonds is 2. The molecule has 1 heterocycles. The molecule has 0 atom stereocenters. The number of nitrogens with zero attached hydrogens (tertiary/aromatic N) is 1. The summed E-state index contributed by atoms with van der Waals surface area (Å²) >= 11 is 0. The largest absolute Gasteiger partial charge is 0.347 e. The van der Waals surface area contributed by atoms with Crippen LogP contribution in [0.2, 0.25) is 0 Å². The molecule has 3 rings (SSSR count). The van der Waals surface area contributed by atoms with Gasteiger partial charge in [-0.05, 0) is 50.3 Å². The van der Waals surface area contributed by atoms with Gasteiger partial charge < -0.3 is 10.3 Å². The van der Waals surface area contributed by atoms with Crippen LogP contribution in [0.3, 0.4) is 0 Å². The molecule has 1 saturated carbocycles. The fourth-order valence-electron chi connectivity index (χ4n) is 4.24. The van der Waals surface area contributed by atoms with E-state index in [1.54, 1.807) is 0 Å². The molecule has 2 N–H and O–H groups in total. The van der Waals surface area contributed by atoms with Crippen molar-refractivity contribution in [1.82, 2.24) is 4.57 Å². The molecule has 1 aromatic carbocycles. The van der Waals surface area contributed by atoms with Crippen LogP contribution in [-0.2, 0) is 12.5 Å². The van der Waals surface area contributed by atoms with E-state index in [1.165, 1.54) is 59.0 Å². The van der Waals surface area contributed by atoms with Crippen LogP contribution >= 0.6 is 0 Å². The summed E-state index contributed by atoms with van der Waals surface area (Å²) in [5.74, 6) is 0. The van der Waals surface area contributed by atoms with E-state index in [2.05, 4.69) is 44.5 Å². The molecule has 1 aliphatic rings. The quantitative estimate of drug-likeness (QED) is 0.882. The van der Waals surface area contributed by atoms with Gasteiger partial charge in [0.25, 0.3) is 0 Å². The minimum Gasteiger partial charge on any atom is -0.347 e. The Hall–Kier alpha value is -1.28. The lowest BCUT2D eigenvalue weighted by Crippen LogP contribution is -2.32. The standard InChI is InChI=1S/C18H26N2/c1-12-7-8-15-16(18(11-19)9-5-6-10-18)14(3)20(4)17(15)13(12)2/h7-8H,5-6,9-11,19H2,1-4H3. The molecule has 20 heavy (non-hydrogen) atoms. The van der Waals surface area contributed by atoms with Gasteiger partial charge in [0.15, 0.2) is 0 Å². The third-order valence-corrected chi connectivity index (χ3v) is 5.65. The second kappa shape index (κ2) is 4.63. The Morgan fingerprint density at radius 2 is 1.80 bits per heavy atom. The van der Waals surface area contributed by atoms with E-state index in [1.807, 2.05) is 0 Å². The lowest BCUT2D eigenvalue weighted by Gasteiger charge is -2.28. The number of aromatic nitrogens is 1. The van der Waals surface area contributed by atoms with E-state index in [-0.39, 0.29) is 5.41 Å². The van der Waals surface area contributed by atoms with Gasteiger partial charge in [0.05, 0.1) is 5.52 Å². The SMILES string of the molecule is Cc1ccc2c(C3(CN)CCCC3)c(C)n(C)c2c1C. The first kappa shape index (κ1) is 13.7. The molecule has 0 unspecified atom stereocenters. The van der Waals surface area contributed by atoms with Crippen LogP contribution in [0, 0.1) is 20.8 Å². The summed E-state index contributed by atoms with van der Waals surface area (Å²) in [5, 5.41) is 1.43. The van der Waals surface area contributed by atoms with Crippen molar-refractivity contribution in [1.29, 1.82) is 0 Å². The lowest BCUT2D eigenvalue weighted by atomic mass is 9.77. The van der Waals surface area contributed by atoms with Crippen molar-refractivity contribution < 1.29 is 0 Å². The van der Waals surface area contributed by atoms with E-state index in [9.17, 15) is 0 Å². The van der Waals surface area contributed by atoms with Gasteiger partial charge in [0.1, 0.15) is 0 Å². The van der Waals surface area contributed by atoms with Crippen LogP contribution in [0.4, 0.5) is 0 Å². The Labute approximate surface area is 122 Å². The first-order valence-corrected chi connectivity index (χ1v) is 7.77. The maximum atomic E-state index is 6.23. The minimum absolute atomic E-state index is 0.214. The summed E-state index contributed by atoms with van der Waals surface area (Å²) in [6.07, 6.45) is 5.13. The van der Waals surface area contributed by atoms with Gasteiger partial charge in [-0.15, -0.1) is 0 Å². The summed E-state index contributed by atoms with van der Waals surface area (Å²) in [5.41, 5.74) is 13.6. The number of nitrogens with two attached hydrogens (primary N) is 1. The van der Waals surface area contributed by atoms with Crippen molar-refractivity contribution in [3.63, 3.8) is 0 Å². The van der Waals surface area contributed by atoms with Crippen LogP contribution in [0.5, 0.6) is 0 Å². The van der Waals surface area contributed by atoms with Crippen LogP contribution in [0.1, 0.15) is 48.1 Å². The first-order chi connectivity index (χ1) is 9.52. The molecule has 0 aliphatic heterocycles. The zero-order chi connectivity index (χ0) is 14.5. The van der Waals surface area contributed by atoms with Crippen molar-refractivity contribution >= 4 is 10.9 Å². The van der Waals surface area contributed by atoms with Gasteiger partial charge in [0, 0.05) is 30.1 Å². The maximum Gasteiger partial charge on any atom is 0.0515 e. The van der Waals surface area contributed by atoms with Crippen molar-refractivity contribution in [2.45, 2.75) is 51.9 Å². The molecular formula is C18H26N2. The Morgan fingerprint density at radius 1 is 1.15 bits per heavy atom. The second-order valence-electron chi connectivity index (χ2n) is 6.61. The third-order valence-electron chi connectivity index (χ3n) is 5.65. The Balaban J connectivity index is 2.37. The third kappa shape index (κ3) is 1.67. The van der Waals surface area contributed by atoms with Gasteiger partial charge >= 0.3 is 0 Å². The van der Waals surface area contributed by atoms with Gasteiger partial charge in [-0.25, -0.2) is 0 Å². The second-order valence-corrected chi connectivity index (χ2v) is 6.61. The zero-order valence-corrected chi connectivity index (χ0v) is 13.2. The van der Waals surface area contributed by atoms with E-state index >= 15 is 0 Å². The Morgan fingerprint density at radius 3 is 2.40 bits per heavy atom. The highest BCUT2D eigenvalue weighted by Gasteiger charge is 2.38. The van der Waals surface area contributed by atoms with Crippen LogP contribution in [0.15, 0.2) is 12.1 Å². The zero-order valence-electron chi connectivity index (χ0n) is 13.2. The molecule has 0 bridgehead atoms. The number of aryl methyl sites for hydroxylation is 3. The van der Waals surface area contributed by atoms with Gasteiger partial charge in [-0.3, -0.25) is 0 Å². The maximum absolute atomic E-state index is 6.23. The summed E-state index contributed by atoms with van der Waals surface area (Å²) < 4.78 is 2.38. The number of benzene rings is 1. The molecular weight excluding hydrogens is 244 g/mol. The predicted octanol–water partition coefficient (Wildman–Crippen LogP) is 3.87. The van der Waals surface area contributed by atoms with E-state index in [0.717, 1.165) is 6.54 Å². The molecule has 1 aromatic heterocycles. The molecule has 0 amide bonds. The topological polar surface area (TPSA) is 30.9 Å². The summed E-state index contributed by atoms with van der Waals surface area (Å²) in [7, 11) is 2.20. The van der Waals surface area contributed by atoms with Crippen molar-refractivity contribution in [3.8, 4) is 0 Å². The van der Waals surface area contributed by atoms with Crippen molar-refractivity contribution in [2.75, 3.05) is 6.54 Å². The van der Waals surface area contributed by atoms with E-state index < -0.39 is 0 Å². The molecule has 108 valence electrons. The summed E-state index contributed by atoms with van der Waals surface area (Å²) in [4.78, 5) is 0. The molecule has 1 fully saturated rings. The van der Waals surface area contributed by atoms with Crippen molar-refractivity contribution in [3.05, 3.63) is 34.5 Å². The van der Waals surface area contributed by atoms with Crippen LogP contribution in [0.25, 0.3) is 10.9 Å². The van der Waals surface area contributed by atoms with Crippen LogP contribution in [-0.4, -0.2) is 11.1 Å². The van der Waals surface area contributed by atoms with Gasteiger partial charge in [-0.2, -0.15) is 0 Å². The molecule has 2 aromatic rings. The highest BCUT2D eigenvalue weighted by molar-refractivity contribution is 5.90. The van der Waals surface area contributed by atoms with Crippen LogP contribution < -0.4 is 5.73 Å². The Kier molecular flexibility index (Phi) is 3.17. The molecule has 0 radical (unpaired) electrons. The number of hydrogen-bond acceptors (Lipinski definition) is 1. The smallest absolute Gasteiger partial charge is 0.0515 e. The predicted molar refractivity (Wildman–Crippen MR) is 86.3 cm³/mol. The fraction of sp³-hybridized carbons (Fsp3) is 0.556. The molecule has 0 spiro atoms. The number of fused-ring (bicyclic) bond motifs is 1. The molecule has 2 heteroatoms. The average Bonchev–Trinajstić information content (AvgIpc) is 3.00. The monoisotopic (exact) mass is 270 g/mol. The Bertz CT molecular complexity index is 658. The fourth-order valence-corrected chi connectivity index (χ4v) is 4.24. The van der Waals surface area contributed by atoms with Gasteiger partial charge in [-0.1, -0.05) is 25.0 Å². The average molecular weight is 270 g/mol. The molecule has 0 saturated heterocycles. The number of hydrogen-bond donors (Lipinski definition) is 1. The molecule has 1 aliphatic carbocycles. The van der Waals surface area contributed by atoms with E-state index in [0.29, 0.717) is 0 Å². The summed E-state index contributed by atoms with van der Waals surface area (Å²) in [6, 6.07) is 4.58. The normalized spacial score (nSPS) is 18.1. The summed E-state index contributed by atoms with van der Waals surface area (Å²) in [6.45, 7) is 7.48. The molecule has 2 nitrogen and oxygen atoms in total. The first-order valence-electron chi connectivity index (χ1n) is 7.77. The van der Waals surface area contributed by atoms with E-state index in [4.69, 9.17) is 5.73 Å². The lowest BCUT2D eigenvalue weighted by molar-refractivity contribution is 0.453. The highest BCUT2D eigenvalue weighted by atomic mass is 15.0.